The second-order valence-corrected chi connectivity index (χ2v) is 3.25. The van der Waals surface area contributed by atoms with E-state index in [0.29, 0.717) is 0 Å². The predicted molar refractivity (Wildman–Crippen MR) is 54.5 cm³/mol. The van der Waals surface area contributed by atoms with E-state index in [1.54, 1.807) is 0 Å². The molecule has 1 aliphatic heterocycles. The third-order valence-corrected chi connectivity index (χ3v) is 2.10. The molecule has 0 unspecified atom stereocenters. The zero-order valence-electron chi connectivity index (χ0n) is 7.40. The van der Waals surface area contributed by atoms with Crippen LogP contribution in [0.3, 0.4) is 0 Å². The van der Waals surface area contributed by atoms with Gasteiger partial charge in [-0.15, -0.1) is 0 Å². The summed E-state index contributed by atoms with van der Waals surface area (Å²) < 4.78 is 0. The van der Waals surface area contributed by atoms with Gasteiger partial charge in [-0.05, 0) is 17.6 Å². The number of hydrogen-bond acceptors (Lipinski definition) is 2. The minimum atomic E-state index is 0.728. The molecule has 2 N–H and O–H groups in total. The molecule has 1 aromatic rings. The molecule has 0 spiro atoms. The Hall–Kier alpha value is -1.57. The van der Waals surface area contributed by atoms with Crippen LogP contribution in [0.15, 0.2) is 47.1 Å². The Bertz CT molecular complexity index is 350. The normalized spacial score (nSPS) is 15.4. The second kappa shape index (κ2) is 3.44. The van der Waals surface area contributed by atoms with Crippen LogP contribution < -0.4 is 5.73 Å². The highest BCUT2D eigenvalue weighted by atomic mass is 14.9. The molecule has 1 aromatic carbocycles. The van der Waals surface area contributed by atoms with E-state index in [9.17, 15) is 0 Å². The first-order valence-electron chi connectivity index (χ1n) is 4.38. The van der Waals surface area contributed by atoms with Crippen molar-refractivity contribution < 1.29 is 0 Å². The Labute approximate surface area is 77.8 Å². The van der Waals surface area contributed by atoms with E-state index in [1.165, 1.54) is 11.1 Å². The molecule has 0 atom stereocenters. The van der Waals surface area contributed by atoms with E-state index in [2.05, 4.69) is 29.3 Å². The number of nitrogens with two attached hydrogens (primary N) is 1. The molecular weight excluding hydrogens is 160 g/mol. The van der Waals surface area contributed by atoms with Crippen molar-refractivity contribution in [3.8, 4) is 0 Å². The average Bonchev–Trinajstić information content (AvgIpc) is 2.53. The number of rotatable bonds is 2. The van der Waals surface area contributed by atoms with Crippen LogP contribution >= 0.6 is 0 Å². The van der Waals surface area contributed by atoms with Gasteiger partial charge in [0, 0.05) is 12.6 Å². The summed E-state index contributed by atoms with van der Waals surface area (Å²) in [7, 11) is 0. The van der Waals surface area contributed by atoms with E-state index in [1.807, 2.05) is 12.3 Å². The van der Waals surface area contributed by atoms with Crippen LogP contribution in [0.2, 0.25) is 0 Å². The molecule has 0 aliphatic carbocycles. The van der Waals surface area contributed by atoms with Crippen molar-refractivity contribution in [1.82, 2.24) is 0 Å². The number of nitrogens with zero attached hydrogens (tertiary/aromatic N) is 1. The first-order chi connectivity index (χ1) is 6.34. The van der Waals surface area contributed by atoms with Crippen molar-refractivity contribution in [2.75, 3.05) is 0 Å². The molecule has 0 amide bonds. The fraction of sp³-hybridized carbons (Fsp3) is 0.182. The van der Waals surface area contributed by atoms with Crippen molar-refractivity contribution in [1.29, 1.82) is 0 Å². The highest BCUT2D eigenvalue weighted by Gasteiger charge is 2.06. The van der Waals surface area contributed by atoms with Crippen molar-refractivity contribution in [2.45, 2.75) is 12.8 Å². The third-order valence-electron chi connectivity index (χ3n) is 2.10. The van der Waals surface area contributed by atoms with Crippen LogP contribution in [-0.2, 0) is 6.42 Å². The zero-order chi connectivity index (χ0) is 9.10. The van der Waals surface area contributed by atoms with Gasteiger partial charge in [-0.2, -0.15) is 0 Å². The number of benzene rings is 1. The monoisotopic (exact) mass is 172 g/mol. The van der Waals surface area contributed by atoms with Crippen molar-refractivity contribution >= 4 is 5.84 Å². The quantitative estimate of drug-likeness (QED) is 0.726. The number of hydrogen-bond donors (Lipinski definition) is 1. The lowest BCUT2D eigenvalue weighted by Gasteiger charge is -2.00. The van der Waals surface area contributed by atoms with Crippen LogP contribution in [0.25, 0.3) is 0 Å². The summed E-state index contributed by atoms with van der Waals surface area (Å²) in [6, 6.07) is 10.4. The minimum absolute atomic E-state index is 0.728. The molecule has 0 bridgehead atoms. The van der Waals surface area contributed by atoms with Gasteiger partial charge in [-0.3, -0.25) is 0 Å². The lowest BCUT2D eigenvalue weighted by atomic mass is 10.0. The van der Waals surface area contributed by atoms with Crippen LogP contribution in [0.1, 0.15) is 12.0 Å². The maximum atomic E-state index is 5.58. The van der Waals surface area contributed by atoms with Gasteiger partial charge in [-0.25, -0.2) is 4.99 Å². The summed E-state index contributed by atoms with van der Waals surface area (Å²) in [6.45, 7) is 0. The molecule has 66 valence electrons. The molecule has 1 aliphatic rings. The lowest BCUT2D eigenvalue weighted by Crippen LogP contribution is -2.08. The molecule has 2 nitrogen and oxygen atoms in total. The smallest absolute Gasteiger partial charge is 0.103 e. The maximum absolute atomic E-state index is 5.58. The fourth-order valence-corrected chi connectivity index (χ4v) is 1.46. The highest BCUT2D eigenvalue weighted by Crippen LogP contribution is 2.15. The molecule has 2 heteroatoms. The summed E-state index contributed by atoms with van der Waals surface area (Å²) in [5, 5.41) is 0. The van der Waals surface area contributed by atoms with Gasteiger partial charge < -0.3 is 5.73 Å². The molecule has 0 fully saturated rings. The van der Waals surface area contributed by atoms with E-state index < -0.39 is 0 Å². The Morgan fingerprint density at radius 3 is 2.62 bits per heavy atom. The Morgan fingerprint density at radius 1 is 1.23 bits per heavy atom. The molecular formula is C11H12N2. The minimum Gasteiger partial charge on any atom is -0.387 e. The van der Waals surface area contributed by atoms with Crippen molar-refractivity contribution in [3.63, 3.8) is 0 Å². The highest BCUT2D eigenvalue weighted by molar-refractivity contribution is 5.85. The molecule has 13 heavy (non-hydrogen) atoms. The van der Waals surface area contributed by atoms with Crippen LogP contribution in [0, 0.1) is 0 Å². The number of amidine groups is 1. The van der Waals surface area contributed by atoms with Gasteiger partial charge in [0.15, 0.2) is 0 Å². The first-order valence-corrected chi connectivity index (χ1v) is 4.38. The van der Waals surface area contributed by atoms with Crippen LogP contribution in [-0.4, -0.2) is 5.84 Å². The van der Waals surface area contributed by atoms with Gasteiger partial charge >= 0.3 is 0 Å². The zero-order valence-corrected chi connectivity index (χ0v) is 7.40. The van der Waals surface area contributed by atoms with Crippen LogP contribution in [0.5, 0.6) is 0 Å². The Kier molecular flexibility index (Phi) is 2.13. The molecule has 1 heterocycles. The van der Waals surface area contributed by atoms with Gasteiger partial charge in [0.05, 0.1) is 0 Å². The van der Waals surface area contributed by atoms with E-state index in [-0.39, 0.29) is 0 Å². The van der Waals surface area contributed by atoms with Crippen molar-refractivity contribution in [2.24, 2.45) is 10.7 Å². The summed E-state index contributed by atoms with van der Waals surface area (Å²) in [6.07, 6.45) is 3.67. The lowest BCUT2D eigenvalue weighted by molar-refractivity contribution is 1.10. The van der Waals surface area contributed by atoms with Gasteiger partial charge in [0.25, 0.3) is 0 Å². The Morgan fingerprint density at radius 2 is 2.00 bits per heavy atom. The summed E-state index contributed by atoms with van der Waals surface area (Å²) in [4.78, 5) is 4.05. The second-order valence-electron chi connectivity index (χ2n) is 3.25. The third kappa shape index (κ3) is 1.96. The molecule has 0 radical (unpaired) electrons. The van der Waals surface area contributed by atoms with E-state index >= 15 is 0 Å². The molecule has 0 saturated heterocycles. The largest absolute Gasteiger partial charge is 0.387 e. The molecule has 0 saturated carbocycles. The average molecular weight is 172 g/mol. The SMILES string of the molecule is NC1=NC=C(Cc2ccccc2)C1. The molecule has 0 aromatic heterocycles. The van der Waals surface area contributed by atoms with Gasteiger partial charge in [-0.1, -0.05) is 30.3 Å². The summed E-state index contributed by atoms with van der Waals surface area (Å²) in [5.74, 6) is 0.728. The van der Waals surface area contributed by atoms with E-state index in [0.717, 1.165) is 18.7 Å². The topological polar surface area (TPSA) is 38.4 Å². The fourth-order valence-electron chi connectivity index (χ4n) is 1.46. The van der Waals surface area contributed by atoms with Gasteiger partial charge in [0.1, 0.15) is 5.84 Å². The standard InChI is InChI=1S/C11H12N2/c12-11-7-10(8-13-11)6-9-4-2-1-3-5-9/h1-5,8H,6-7H2,(H2,12,13). The van der Waals surface area contributed by atoms with Crippen LogP contribution in [0.4, 0.5) is 0 Å². The summed E-state index contributed by atoms with van der Waals surface area (Å²) >= 11 is 0. The molecule has 2 rings (SSSR count). The van der Waals surface area contributed by atoms with Crippen molar-refractivity contribution in [3.05, 3.63) is 47.7 Å². The Balaban J connectivity index is 2.02. The van der Waals surface area contributed by atoms with Gasteiger partial charge in [0.2, 0.25) is 0 Å². The van der Waals surface area contributed by atoms with E-state index in [4.69, 9.17) is 5.73 Å². The maximum Gasteiger partial charge on any atom is 0.103 e. The number of aliphatic imine (C=N–C) groups is 1. The predicted octanol–water partition coefficient (Wildman–Crippen LogP) is 1.87. The summed E-state index contributed by atoms with van der Waals surface area (Å²) in [5.41, 5.74) is 8.19. The first kappa shape index (κ1) is 8.05.